The number of hydrazone groups is 1. The van der Waals surface area contributed by atoms with Crippen molar-refractivity contribution in [1.82, 2.24) is 10.3 Å². The number of amides is 2. The van der Waals surface area contributed by atoms with Crippen molar-refractivity contribution in [3.05, 3.63) is 60.7 Å². The number of carbonyl (C=O) groups is 2. The van der Waals surface area contributed by atoms with Crippen LogP contribution in [-0.4, -0.2) is 48.0 Å². The van der Waals surface area contributed by atoms with Crippen LogP contribution in [0.5, 0.6) is 11.5 Å². The largest absolute Gasteiger partial charge is 0.493 e. The zero-order chi connectivity index (χ0) is 22.7. The molecule has 0 fully saturated rings. The number of anilines is 2. The van der Waals surface area contributed by atoms with Crippen LogP contribution in [0, 0.1) is 5.82 Å². The highest BCUT2D eigenvalue weighted by atomic mass is 32.2. The minimum atomic E-state index is -0.764. The number of rotatable bonds is 6. The Morgan fingerprint density at radius 1 is 1.19 bits per heavy atom. The first-order chi connectivity index (χ1) is 15.5. The Kier molecular flexibility index (Phi) is 6.17. The lowest BCUT2D eigenvalue weighted by Gasteiger charge is -2.31. The fourth-order valence-electron chi connectivity index (χ4n) is 3.20. The van der Waals surface area contributed by atoms with E-state index in [-0.39, 0.29) is 17.6 Å². The van der Waals surface area contributed by atoms with Gasteiger partial charge in [0.25, 0.3) is 5.91 Å². The summed E-state index contributed by atoms with van der Waals surface area (Å²) in [6.45, 7) is 0. The van der Waals surface area contributed by atoms with E-state index in [2.05, 4.69) is 15.8 Å². The van der Waals surface area contributed by atoms with Crippen LogP contribution in [0.2, 0.25) is 0 Å². The number of nitrogens with zero attached hydrogens (tertiary/aromatic N) is 3. The number of thioether (sulfide) groups is 1. The molecule has 2 heterocycles. The summed E-state index contributed by atoms with van der Waals surface area (Å²) >= 11 is 1.18. The number of nitrogens with one attached hydrogen (secondary N) is 2. The van der Waals surface area contributed by atoms with Crippen LogP contribution in [0.4, 0.5) is 15.8 Å². The molecule has 0 spiro atoms. The number of fused-ring (bicyclic) bond motifs is 1. The van der Waals surface area contributed by atoms with Gasteiger partial charge in [0.15, 0.2) is 16.7 Å². The monoisotopic (exact) mass is 457 g/mol. The Balaban J connectivity index is 1.37. The zero-order valence-electron chi connectivity index (χ0n) is 17.2. The molecule has 0 saturated heterocycles. The SMILES string of the molecule is COc1ccc(NC(=O)CSC2=NNC3C(=O)N(c4cccc(F)c4)C=CN23)cc1OC. The van der Waals surface area contributed by atoms with Crippen LogP contribution in [0.1, 0.15) is 0 Å². The van der Waals surface area contributed by atoms with Gasteiger partial charge in [0, 0.05) is 24.2 Å². The standard InChI is InChI=1S/C21H20FN5O4S/c1-30-16-7-6-14(11-17(16)31-2)23-18(28)12-32-21-25-24-19-20(29)26(8-9-27(19)21)15-5-3-4-13(22)10-15/h3-11,19,24H,12H2,1-2H3,(H,23,28). The average molecular weight is 457 g/mol. The molecule has 0 saturated carbocycles. The van der Waals surface area contributed by atoms with Crippen molar-refractivity contribution in [2.75, 3.05) is 30.2 Å². The van der Waals surface area contributed by atoms with Gasteiger partial charge in [0.05, 0.1) is 25.7 Å². The second-order valence-electron chi connectivity index (χ2n) is 6.73. The van der Waals surface area contributed by atoms with Crippen molar-refractivity contribution < 1.29 is 23.5 Å². The van der Waals surface area contributed by atoms with E-state index in [1.54, 1.807) is 41.6 Å². The third kappa shape index (κ3) is 4.33. The van der Waals surface area contributed by atoms with Crippen molar-refractivity contribution in [3.63, 3.8) is 0 Å². The summed E-state index contributed by atoms with van der Waals surface area (Å²) in [5, 5.41) is 7.43. The van der Waals surface area contributed by atoms with Crippen molar-refractivity contribution in [1.29, 1.82) is 0 Å². The summed E-state index contributed by atoms with van der Waals surface area (Å²) in [5.74, 6) is 0.150. The maximum Gasteiger partial charge on any atom is 0.276 e. The Morgan fingerprint density at radius 2 is 2.00 bits per heavy atom. The van der Waals surface area contributed by atoms with Crippen molar-refractivity contribution in [3.8, 4) is 11.5 Å². The number of amidine groups is 1. The van der Waals surface area contributed by atoms with E-state index >= 15 is 0 Å². The van der Waals surface area contributed by atoms with Crippen LogP contribution in [0.15, 0.2) is 60.0 Å². The molecule has 2 N–H and O–H groups in total. The number of carbonyl (C=O) groups excluding carboxylic acids is 2. The lowest BCUT2D eigenvalue weighted by Crippen LogP contribution is -2.52. The maximum absolute atomic E-state index is 13.5. The van der Waals surface area contributed by atoms with E-state index in [9.17, 15) is 14.0 Å². The molecular weight excluding hydrogens is 437 g/mol. The Hall–Kier alpha value is -3.73. The highest BCUT2D eigenvalue weighted by Gasteiger charge is 2.38. The highest BCUT2D eigenvalue weighted by molar-refractivity contribution is 8.14. The van der Waals surface area contributed by atoms with Crippen molar-refractivity contribution >= 4 is 40.1 Å². The minimum Gasteiger partial charge on any atom is -0.493 e. The zero-order valence-corrected chi connectivity index (χ0v) is 18.1. The van der Waals surface area contributed by atoms with E-state index in [4.69, 9.17) is 9.47 Å². The summed E-state index contributed by atoms with van der Waals surface area (Å²) in [4.78, 5) is 28.2. The molecule has 9 nitrogen and oxygen atoms in total. The third-order valence-corrected chi connectivity index (χ3v) is 5.68. The molecule has 166 valence electrons. The number of methoxy groups -OCH3 is 2. The molecule has 0 radical (unpaired) electrons. The van der Waals surface area contributed by atoms with Crippen LogP contribution in [0.25, 0.3) is 0 Å². The second kappa shape index (κ2) is 9.18. The average Bonchev–Trinajstić information content (AvgIpc) is 3.22. The van der Waals surface area contributed by atoms with Crippen LogP contribution < -0.4 is 25.1 Å². The minimum absolute atomic E-state index is 0.0771. The van der Waals surface area contributed by atoms with Crippen LogP contribution >= 0.6 is 11.8 Å². The number of benzene rings is 2. The van der Waals surface area contributed by atoms with Gasteiger partial charge in [0.2, 0.25) is 12.1 Å². The van der Waals surface area contributed by atoms with Crippen LogP contribution in [0.3, 0.4) is 0 Å². The van der Waals surface area contributed by atoms with Gasteiger partial charge < -0.3 is 14.8 Å². The van der Waals surface area contributed by atoms with Gasteiger partial charge in [-0.1, -0.05) is 17.8 Å². The normalized spacial score (nSPS) is 16.9. The number of hydrogen-bond acceptors (Lipinski definition) is 8. The molecule has 32 heavy (non-hydrogen) atoms. The molecule has 4 rings (SSSR count). The van der Waals surface area contributed by atoms with Crippen molar-refractivity contribution in [2.45, 2.75) is 6.17 Å². The summed E-state index contributed by atoms with van der Waals surface area (Å²) in [6, 6.07) is 10.8. The lowest BCUT2D eigenvalue weighted by atomic mass is 10.2. The highest BCUT2D eigenvalue weighted by Crippen LogP contribution is 2.30. The fraction of sp³-hybridized carbons (Fsp3) is 0.190. The van der Waals surface area contributed by atoms with Gasteiger partial charge in [0.1, 0.15) is 5.82 Å². The van der Waals surface area contributed by atoms with Gasteiger partial charge >= 0.3 is 0 Å². The van der Waals surface area contributed by atoms with Crippen molar-refractivity contribution in [2.24, 2.45) is 5.10 Å². The second-order valence-corrected chi connectivity index (χ2v) is 7.67. The van der Waals surface area contributed by atoms with Gasteiger partial charge in [-0.15, -0.1) is 0 Å². The van der Waals surface area contributed by atoms with E-state index in [1.165, 1.54) is 49.1 Å². The Labute approximate surface area is 187 Å². The molecule has 0 bridgehead atoms. The predicted octanol–water partition coefficient (Wildman–Crippen LogP) is 2.53. The smallest absolute Gasteiger partial charge is 0.276 e. The Bertz CT molecular complexity index is 1110. The molecule has 2 aliphatic heterocycles. The molecule has 11 heteroatoms. The Morgan fingerprint density at radius 3 is 2.75 bits per heavy atom. The summed E-state index contributed by atoms with van der Waals surface area (Å²) in [7, 11) is 3.05. The molecule has 1 unspecified atom stereocenters. The molecule has 0 aromatic heterocycles. The number of halogens is 1. The first-order valence-corrected chi connectivity index (χ1v) is 10.5. The molecule has 2 amide bonds. The quantitative estimate of drug-likeness (QED) is 0.688. The number of hydrogen-bond donors (Lipinski definition) is 2. The van der Waals surface area contributed by atoms with Gasteiger partial charge in [-0.05, 0) is 30.3 Å². The first kappa shape index (κ1) is 21.5. The van der Waals surface area contributed by atoms with E-state index in [0.717, 1.165) is 0 Å². The maximum atomic E-state index is 13.5. The molecule has 2 aromatic rings. The summed E-state index contributed by atoms with van der Waals surface area (Å²) in [5.41, 5.74) is 3.75. The molecule has 0 aliphatic carbocycles. The molecular formula is C21H20FN5O4S. The summed E-state index contributed by atoms with van der Waals surface area (Å²) < 4.78 is 23.9. The van der Waals surface area contributed by atoms with E-state index in [1.807, 2.05) is 0 Å². The van der Waals surface area contributed by atoms with Crippen LogP contribution in [-0.2, 0) is 9.59 Å². The van der Waals surface area contributed by atoms with E-state index in [0.29, 0.717) is 28.0 Å². The topological polar surface area (TPSA) is 95.5 Å². The third-order valence-electron chi connectivity index (χ3n) is 4.72. The van der Waals surface area contributed by atoms with Gasteiger partial charge in [-0.25, -0.2) is 4.39 Å². The molecule has 2 aromatic carbocycles. The molecule has 2 aliphatic rings. The fourth-order valence-corrected chi connectivity index (χ4v) is 3.97. The summed E-state index contributed by atoms with van der Waals surface area (Å²) in [6.07, 6.45) is 2.44. The van der Waals surface area contributed by atoms with Gasteiger partial charge in [-0.2, -0.15) is 5.10 Å². The first-order valence-electron chi connectivity index (χ1n) is 9.53. The lowest BCUT2D eigenvalue weighted by molar-refractivity contribution is -0.122. The molecule has 1 atom stereocenters. The van der Waals surface area contributed by atoms with Gasteiger partial charge in [-0.3, -0.25) is 24.8 Å². The van der Waals surface area contributed by atoms with E-state index < -0.39 is 12.0 Å². The predicted molar refractivity (Wildman–Crippen MR) is 120 cm³/mol. The number of ether oxygens (including phenoxy) is 2.